The van der Waals surface area contributed by atoms with E-state index in [1.54, 1.807) is 16.7 Å². The van der Waals surface area contributed by atoms with Crippen molar-refractivity contribution in [3.05, 3.63) is 76.3 Å². The Morgan fingerprint density at radius 3 is 2.60 bits per heavy atom. The third-order valence-electron chi connectivity index (χ3n) is 4.56. The number of halogens is 1. The summed E-state index contributed by atoms with van der Waals surface area (Å²) in [6, 6.07) is 17.3. The van der Waals surface area contributed by atoms with Crippen molar-refractivity contribution in [2.24, 2.45) is 0 Å². The molecule has 0 spiro atoms. The lowest BCUT2D eigenvalue weighted by atomic mass is 10.1. The Balaban J connectivity index is 1.76. The Bertz CT molecular complexity index is 1110. The van der Waals surface area contributed by atoms with Gasteiger partial charge in [-0.05, 0) is 30.3 Å². The van der Waals surface area contributed by atoms with E-state index in [4.69, 9.17) is 33.7 Å². The number of para-hydroxylation sites is 1. The number of thiocarbonyl (C=S) groups is 1. The summed E-state index contributed by atoms with van der Waals surface area (Å²) in [7, 11) is 1.60. The van der Waals surface area contributed by atoms with Gasteiger partial charge in [0.15, 0.2) is 0 Å². The quantitative estimate of drug-likeness (QED) is 0.385. The van der Waals surface area contributed by atoms with Gasteiger partial charge in [0.2, 0.25) is 0 Å². The van der Waals surface area contributed by atoms with E-state index in [0.717, 1.165) is 22.5 Å². The van der Waals surface area contributed by atoms with Crippen molar-refractivity contribution in [2.45, 2.75) is 0 Å². The van der Waals surface area contributed by atoms with Crippen LogP contribution in [0.1, 0.15) is 5.56 Å². The first kappa shape index (κ1) is 20.8. The molecule has 152 valence electrons. The van der Waals surface area contributed by atoms with Crippen LogP contribution in [0.3, 0.4) is 0 Å². The number of benzene rings is 2. The number of methoxy groups -OCH3 is 1. The monoisotopic (exact) mass is 455 g/mol. The zero-order chi connectivity index (χ0) is 21.1. The predicted octanol–water partition coefficient (Wildman–Crippen LogP) is 5.04. The molecular weight excluding hydrogens is 438 g/mol. The molecule has 2 heterocycles. The predicted molar refractivity (Wildman–Crippen MR) is 126 cm³/mol. The van der Waals surface area contributed by atoms with Gasteiger partial charge in [0.25, 0.3) is 5.91 Å². The highest BCUT2D eigenvalue weighted by atomic mass is 35.5. The van der Waals surface area contributed by atoms with Gasteiger partial charge in [0.1, 0.15) is 4.32 Å². The van der Waals surface area contributed by atoms with Gasteiger partial charge in [-0.25, -0.2) is 4.68 Å². The maximum Gasteiger partial charge on any atom is 0.266 e. The molecule has 0 unspecified atom stereocenters. The van der Waals surface area contributed by atoms with E-state index in [1.165, 1.54) is 11.8 Å². The summed E-state index contributed by atoms with van der Waals surface area (Å²) in [5.74, 6) is -0.114. The molecule has 8 heteroatoms. The van der Waals surface area contributed by atoms with Crippen LogP contribution >= 0.6 is 35.6 Å². The number of carbonyl (C=O) groups is 1. The van der Waals surface area contributed by atoms with Crippen LogP contribution in [0.25, 0.3) is 23.0 Å². The number of hydrogen-bond acceptors (Lipinski definition) is 5. The summed E-state index contributed by atoms with van der Waals surface area (Å²) in [6.45, 7) is 0.869. The average molecular weight is 456 g/mol. The molecule has 5 nitrogen and oxygen atoms in total. The van der Waals surface area contributed by atoms with E-state index < -0.39 is 0 Å². The smallest absolute Gasteiger partial charge is 0.266 e. The van der Waals surface area contributed by atoms with Gasteiger partial charge in [0, 0.05) is 29.5 Å². The first-order valence-electron chi connectivity index (χ1n) is 9.22. The summed E-state index contributed by atoms with van der Waals surface area (Å²) in [5.41, 5.74) is 3.43. The Kier molecular flexibility index (Phi) is 6.34. The minimum Gasteiger partial charge on any atom is -0.383 e. The van der Waals surface area contributed by atoms with E-state index >= 15 is 0 Å². The van der Waals surface area contributed by atoms with Crippen LogP contribution in [-0.2, 0) is 9.53 Å². The van der Waals surface area contributed by atoms with Gasteiger partial charge in [-0.1, -0.05) is 65.9 Å². The Morgan fingerprint density at radius 1 is 1.17 bits per heavy atom. The lowest BCUT2D eigenvalue weighted by molar-refractivity contribution is -0.122. The molecule has 0 atom stereocenters. The van der Waals surface area contributed by atoms with Crippen molar-refractivity contribution in [1.82, 2.24) is 14.7 Å². The van der Waals surface area contributed by atoms with Crippen molar-refractivity contribution < 1.29 is 9.53 Å². The standard InChI is InChI=1S/C22H18ClN3O2S2/c1-28-12-11-25-21(27)19(30-22(25)29)13-16-14-26(18-5-3-2-4-6-18)24-20(16)15-7-9-17(23)10-8-15/h2-10,13-14H,11-12H2,1H3/b19-13-. The highest BCUT2D eigenvalue weighted by molar-refractivity contribution is 8.26. The number of hydrogen-bond donors (Lipinski definition) is 0. The van der Waals surface area contributed by atoms with Crippen LogP contribution in [0.5, 0.6) is 0 Å². The molecule has 1 fully saturated rings. The fourth-order valence-corrected chi connectivity index (χ4v) is 4.48. The van der Waals surface area contributed by atoms with Gasteiger partial charge in [-0.2, -0.15) is 5.10 Å². The summed E-state index contributed by atoms with van der Waals surface area (Å²) in [6.07, 6.45) is 3.77. The first-order chi connectivity index (χ1) is 14.6. The Hall–Kier alpha value is -2.45. The lowest BCUT2D eigenvalue weighted by Crippen LogP contribution is -2.31. The minimum atomic E-state index is -0.114. The van der Waals surface area contributed by atoms with Crippen molar-refractivity contribution in [3.63, 3.8) is 0 Å². The van der Waals surface area contributed by atoms with Crippen LogP contribution < -0.4 is 0 Å². The van der Waals surface area contributed by atoms with Crippen LogP contribution in [-0.4, -0.2) is 45.2 Å². The number of amides is 1. The molecule has 1 amide bonds. The van der Waals surface area contributed by atoms with Crippen LogP contribution in [0.4, 0.5) is 0 Å². The van der Waals surface area contributed by atoms with E-state index in [-0.39, 0.29) is 5.91 Å². The molecule has 4 rings (SSSR count). The van der Waals surface area contributed by atoms with Gasteiger partial charge >= 0.3 is 0 Å². The average Bonchev–Trinajstić information content (AvgIpc) is 3.29. The molecule has 1 saturated heterocycles. The van der Waals surface area contributed by atoms with Crippen LogP contribution in [0.15, 0.2) is 65.7 Å². The van der Waals surface area contributed by atoms with Gasteiger partial charge in [0.05, 0.1) is 29.4 Å². The second-order valence-corrected chi connectivity index (χ2v) is 8.66. The normalized spacial score (nSPS) is 15.4. The third kappa shape index (κ3) is 4.34. The summed E-state index contributed by atoms with van der Waals surface area (Å²) in [5, 5.41) is 5.43. The van der Waals surface area contributed by atoms with Gasteiger partial charge < -0.3 is 4.74 Å². The number of thioether (sulfide) groups is 1. The largest absolute Gasteiger partial charge is 0.383 e. The molecule has 0 radical (unpaired) electrons. The van der Waals surface area contributed by atoms with E-state index in [1.807, 2.05) is 66.9 Å². The Labute approximate surface area is 189 Å². The van der Waals surface area contributed by atoms with Gasteiger partial charge in [-0.15, -0.1) is 0 Å². The van der Waals surface area contributed by atoms with E-state index in [9.17, 15) is 4.79 Å². The minimum absolute atomic E-state index is 0.114. The molecule has 3 aromatic rings. The van der Waals surface area contributed by atoms with Crippen molar-refractivity contribution in [3.8, 4) is 16.9 Å². The highest BCUT2D eigenvalue weighted by Gasteiger charge is 2.32. The number of aromatic nitrogens is 2. The molecule has 0 N–H and O–H groups in total. The van der Waals surface area contributed by atoms with Crippen LogP contribution in [0.2, 0.25) is 5.02 Å². The van der Waals surface area contributed by atoms with Crippen LogP contribution in [0, 0.1) is 0 Å². The maximum absolute atomic E-state index is 12.8. The second kappa shape index (κ2) is 9.14. The SMILES string of the molecule is COCCN1C(=O)/C(=C/c2cn(-c3ccccc3)nc2-c2ccc(Cl)cc2)SC1=S. The number of nitrogens with zero attached hydrogens (tertiary/aromatic N) is 3. The molecule has 0 bridgehead atoms. The topological polar surface area (TPSA) is 47.4 Å². The number of ether oxygens (including phenoxy) is 1. The number of carbonyl (C=O) groups excluding carboxylic acids is 1. The molecular formula is C22H18ClN3O2S2. The van der Waals surface area contributed by atoms with E-state index in [2.05, 4.69) is 0 Å². The molecule has 2 aromatic carbocycles. The van der Waals surface area contributed by atoms with Gasteiger partial charge in [-0.3, -0.25) is 9.69 Å². The van der Waals surface area contributed by atoms with Crippen molar-refractivity contribution >= 4 is 51.9 Å². The molecule has 1 aliphatic heterocycles. The molecule has 0 aliphatic carbocycles. The first-order valence-corrected chi connectivity index (χ1v) is 10.8. The third-order valence-corrected chi connectivity index (χ3v) is 6.19. The zero-order valence-electron chi connectivity index (χ0n) is 16.1. The fraction of sp³-hybridized carbons (Fsp3) is 0.136. The molecule has 30 heavy (non-hydrogen) atoms. The molecule has 0 saturated carbocycles. The molecule has 1 aromatic heterocycles. The molecule has 1 aliphatic rings. The van der Waals surface area contributed by atoms with Crippen molar-refractivity contribution in [2.75, 3.05) is 20.3 Å². The van der Waals surface area contributed by atoms with Crippen molar-refractivity contribution in [1.29, 1.82) is 0 Å². The summed E-state index contributed by atoms with van der Waals surface area (Å²) >= 11 is 12.7. The summed E-state index contributed by atoms with van der Waals surface area (Å²) < 4.78 is 7.43. The zero-order valence-corrected chi connectivity index (χ0v) is 18.5. The lowest BCUT2D eigenvalue weighted by Gasteiger charge is -2.12. The second-order valence-electron chi connectivity index (χ2n) is 6.55. The summed E-state index contributed by atoms with van der Waals surface area (Å²) in [4.78, 5) is 15.0. The Morgan fingerprint density at radius 2 is 1.90 bits per heavy atom. The maximum atomic E-state index is 12.8. The fourth-order valence-electron chi connectivity index (χ4n) is 3.05. The number of rotatable bonds is 6. The highest BCUT2D eigenvalue weighted by Crippen LogP contribution is 2.35. The van der Waals surface area contributed by atoms with E-state index in [0.29, 0.717) is 27.4 Å².